The van der Waals surface area contributed by atoms with Crippen molar-refractivity contribution in [2.75, 3.05) is 12.3 Å². The first-order valence-corrected chi connectivity index (χ1v) is 6.15. The number of rotatable bonds is 4. The molecule has 2 rings (SSSR count). The van der Waals surface area contributed by atoms with Gasteiger partial charge >= 0.3 is 0 Å². The molecule has 0 aliphatic rings. The molecule has 1 aromatic heterocycles. The Morgan fingerprint density at radius 2 is 2.26 bits per heavy atom. The molecule has 0 fully saturated rings. The van der Waals surface area contributed by atoms with E-state index in [2.05, 4.69) is 5.10 Å². The third-order valence-corrected chi connectivity index (χ3v) is 3.31. The van der Waals surface area contributed by atoms with Crippen LogP contribution in [0.15, 0.2) is 18.2 Å². The molecule has 0 amide bonds. The Morgan fingerprint density at radius 3 is 2.84 bits per heavy atom. The van der Waals surface area contributed by atoms with Crippen LogP contribution >= 0.6 is 11.6 Å². The number of hydrogen-bond donors (Lipinski definition) is 2. The van der Waals surface area contributed by atoms with E-state index in [1.165, 1.54) is 4.68 Å². The molecule has 6 heteroatoms. The normalized spacial score (nSPS) is 10.7. The Bertz CT molecular complexity index is 623. The van der Waals surface area contributed by atoms with Gasteiger partial charge in [0.1, 0.15) is 11.5 Å². The molecule has 0 unspecified atom stereocenters. The van der Waals surface area contributed by atoms with Gasteiger partial charge in [-0.15, -0.1) is 0 Å². The fourth-order valence-electron chi connectivity index (χ4n) is 1.88. The summed E-state index contributed by atoms with van der Waals surface area (Å²) < 4.78 is 1.42. The Kier molecular flexibility index (Phi) is 3.87. The summed E-state index contributed by atoms with van der Waals surface area (Å²) in [6, 6.07) is 5.38. The van der Waals surface area contributed by atoms with Crippen LogP contribution in [-0.2, 0) is 6.54 Å². The monoisotopic (exact) mass is 279 g/mol. The van der Waals surface area contributed by atoms with E-state index in [0.29, 0.717) is 22.6 Å². The zero-order valence-corrected chi connectivity index (χ0v) is 11.2. The van der Waals surface area contributed by atoms with Crippen LogP contribution in [0.25, 0.3) is 11.3 Å². The molecule has 3 N–H and O–H groups in total. The van der Waals surface area contributed by atoms with Gasteiger partial charge in [-0.1, -0.05) is 17.7 Å². The predicted octanol–water partition coefficient (Wildman–Crippen LogP) is 1.90. The number of nitrogen functional groups attached to an aromatic ring is 1. The number of carbonyl (C=O) groups excluding carboxylic acids is 1. The third kappa shape index (κ3) is 2.47. The van der Waals surface area contributed by atoms with Gasteiger partial charge in [0, 0.05) is 10.6 Å². The van der Waals surface area contributed by atoms with Crippen molar-refractivity contribution >= 4 is 23.7 Å². The van der Waals surface area contributed by atoms with Crippen molar-refractivity contribution in [2.24, 2.45) is 0 Å². The van der Waals surface area contributed by atoms with Crippen LogP contribution in [0, 0.1) is 6.92 Å². The zero-order chi connectivity index (χ0) is 14.0. The fourth-order valence-corrected chi connectivity index (χ4v) is 1.99. The first-order valence-electron chi connectivity index (χ1n) is 5.77. The number of aldehydes is 1. The van der Waals surface area contributed by atoms with Crippen LogP contribution in [0.4, 0.5) is 5.82 Å². The molecule has 5 nitrogen and oxygen atoms in total. The fraction of sp³-hybridized carbons (Fsp3) is 0.231. The van der Waals surface area contributed by atoms with Gasteiger partial charge in [0.05, 0.1) is 18.7 Å². The van der Waals surface area contributed by atoms with Crippen LogP contribution < -0.4 is 5.73 Å². The molecule has 0 aliphatic heterocycles. The number of hydrogen-bond acceptors (Lipinski definition) is 4. The molecule has 0 atom stereocenters. The minimum atomic E-state index is -0.0940. The zero-order valence-electron chi connectivity index (χ0n) is 10.4. The molecule has 19 heavy (non-hydrogen) atoms. The number of nitrogens with two attached hydrogens (primary N) is 1. The molecule has 0 saturated heterocycles. The van der Waals surface area contributed by atoms with Crippen LogP contribution in [0.1, 0.15) is 15.9 Å². The van der Waals surface area contributed by atoms with Crippen LogP contribution in [0.3, 0.4) is 0 Å². The maximum Gasteiger partial charge on any atom is 0.156 e. The molecule has 2 aromatic rings. The molecule has 0 spiro atoms. The number of aliphatic hydroxyl groups excluding tert-OH is 1. The Labute approximate surface area is 115 Å². The quantitative estimate of drug-likeness (QED) is 0.838. The van der Waals surface area contributed by atoms with Gasteiger partial charge in [-0.25, -0.2) is 4.68 Å². The molecular weight excluding hydrogens is 266 g/mol. The van der Waals surface area contributed by atoms with Crippen molar-refractivity contribution in [3.05, 3.63) is 34.3 Å². The third-order valence-electron chi connectivity index (χ3n) is 2.89. The van der Waals surface area contributed by atoms with Gasteiger partial charge in [0.25, 0.3) is 0 Å². The lowest BCUT2D eigenvalue weighted by atomic mass is 10.1. The summed E-state index contributed by atoms with van der Waals surface area (Å²) >= 11 is 5.98. The summed E-state index contributed by atoms with van der Waals surface area (Å²) in [6.45, 7) is 2.03. The van der Waals surface area contributed by atoms with Gasteiger partial charge in [0.2, 0.25) is 0 Å². The number of aryl methyl sites for hydroxylation is 1. The van der Waals surface area contributed by atoms with Gasteiger partial charge in [-0.2, -0.15) is 5.10 Å². The lowest BCUT2D eigenvalue weighted by Crippen LogP contribution is -2.08. The second-order valence-corrected chi connectivity index (χ2v) is 4.58. The van der Waals surface area contributed by atoms with Gasteiger partial charge < -0.3 is 10.8 Å². The van der Waals surface area contributed by atoms with E-state index in [4.69, 9.17) is 22.4 Å². The second-order valence-electron chi connectivity index (χ2n) is 4.18. The number of nitrogens with zero attached hydrogens (tertiary/aromatic N) is 2. The highest BCUT2D eigenvalue weighted by Crippen LogP contribution is 2.28. The van der Waals surface area contributed by atoms with Gasteiger partial charge in [0.15, 0.2) is 6.29 Å². The summed E-state index contributed by atoms with van der Waals surface area (Å²) in [5.41, 5.74) is 8.33. The lowest BCUT2D eigenvalue weighted by Gasteiger charge is -2.02. The average Bonchev–Trinajstić information content (AvgIpc) is 2.70. The Balaban J connectivity index is 2.57. The molecule has 0 radical (unpaired) electrons. The van der Waals surface area contributed by atoms with E-state index < -0.39 is 0 Å². The first kappa shape index (κ1) is 13.6. The van der Waals surface area contributed by atoms with E-state index in [0.717, 1.165) is 11.1 Å². The molecule has 1 aromatic carbocycles. The number of halogens is 1. The Morgan fingerprint density at radius 1 is 1.53 bits per heavy atom. The van der Waals surface area contributed by atoms with Crippen molar-refractivity contribution < 1.29 is 9.90 Å². The first-order chi connectivity index (χ1) is 9.08. The summed E-state index contributed by atoms with van der Waals surface area (Å²) in [4.78, 5) is 11.2. The van der Waals surface area contributed by atoms with E-state index in [1.807, 2.05) is 13.0 Å². The highest BCUT2D eigenvalue weighted by atomic mass is 35.5. The van der Waals surface area contributed by atoms with E-state index in [9.17, 15) is 4.79 Å². The second kappa shape index (κ2) is 5.42. The minimum Gasteiger partial charge on any atom is -0.394 e. The van der Waals surface area contributed by atoms with Crippen molar-refractivity contribution in [1.82, 2.24) is 9.78 Å². The standard InChI is InChI=1S/C13H14ClN3O2/c1-8-6-9(2-3-11(8)14)12-10(7-19)13(15)17(16-12)4-5-18/h2-3,6-7,18H,4-5,15H2,1H3. The van der Waals surface area contributed by atoms with E-state index >= 15 is 0 Å². The van der Waals surface area contributed by atoms with Crippen molar-refractivity contribution in [3.8, 4) is 11.3 Å². The molecule has 1 heterocycles. The topological polar surface area (TPSA) is 81.1 Å². The predicted molar refractivity (Wildman–Crippen MR) is 74.3 cm³/mol. The van der Waals surface area contributed by atoms with Crippen LogP contribution in [-0.4, -0.2) is 27.8 Å². The number of aliphatic hydroxyl groups is 1. The van der Waals surface area contributed by atoms with Crippen molar-refractivity contribution in [1.29, 1.82) is 0 Å². The van der Waals surface area contributed by atoms with Gasteiger partial charge in [-0.3, -0.25) is 4.79 Å². The summed E-state index contributed by atoms with van der Waals surface area (Å²) in [5.74, 6) is 0.256. The van der Waals surface area contributed by atoms with Crippen LogP contribution in [0.5, 0.6) is 0 Å². The van der Waals surface area contributed by atoms with Crippen molar-refractivity contribution in [3.63, 3.8) is 0 Å². The minimum absolute atomic E-state index is 0.0940. The molecule has 0 saturated carbocycles. The van der Waals surface area contributed by atoms with Crippen molar-refractivity contribution in [2.45, 2.75) is 13.5 Å². The number of anilines is 1. The number of aromatic nitrogens is 2. The summed E-state index contributed by atoms with van der Waals surface area (Å²) in [5, 5.41) is 13.9. The Hall–Kier alpha value is -1.85. The SMILES string of the molecule is Cc1cc(-c2nn(CCO)c(N)c2C=O)ccc1Cl. The summed E-state index contributed by atoms with van der Waals surface area (Å²) in [6.07, 6.45) is 0.676. The lowest BCUT2D eigenvalue weighted by molar-refractivity contribution is 0.112. The highest BCUT2D eigenvalue weighted by Gasteiger charge is 2.16. The van der Waals surface area contributed by atoms with E-state index in [-0.39, 0.29) is 19.0 Å². The molecule has 0 bridgehead atoms. The highest BCUT2D eigenvalue weighted by molar-refractivity contribution is 6.31. The molecular formula is C13H14ClN3O2. The van der Waals surface area contributed by atoms with Crippen LogP contribution in [0.2, 0.25) is 5.02 Å². The van der Waals surface area contributed by atoms with E-state index in [1.54, 1.807) is 12.1 Å². The average molecular weight is 280 g/mol. The maximum absolute atomic E-state index is 11.2. The summed E-state index contributed by atoms with van der Waals surface area (Å²) in [7, 11) is 0. The van der Waals surface area contributed by atoms with Gasteiger partial charge in [-0.05, 0) is 24.6 Å². The number of carbonyl (C=O) groups is 1. The largest absolute Gasteiger partial charge is 0.394 e. The smallest absolute Gasteiger partial charge is 0.156 e. The maximum atomic E-state index is 11.2. The number of benzene rings is 1. The molecule has 0 aliphatic carbocycles. The molecule has 100 valence electrons.